The van der Waals surface area contributed by atoms with E-state index in [4.69, 9.17) is 0 Å². The molecule has 0 fully saturated rings. The predicted octanol–water partition coefficient (Wildman–Crippen LogP) is 4.07. The van der Waals surface area contributed by atoms with Crippen molar-refractivity contribution in [1.29, 1.82) is 0 Å². The largest absolute Gasteiger partial charge is 0.302 e. The van der Waals surface area contributed by atoms with Gasteiger partial charge < -0.3 is 5.32 Å². The number of nitrogens with zero attached hydrogens (tertiary/aromatic N) is 1. The van der Waals surface area contributed by atoms with Crippen LogP contribution in [0.2, 0.25) is 0 Å². The Morgan fingerprint density at radius 3 is 2.37 bits per heavy atom. The normalized spacial score (nSPS) is 11.4. The van der Waals surface area contributed by atoms with Crippen LogP contribution in [-0.2, 0) is 10.2 Å². The van der Waals surface area contributed by atoms with Gasteiger partial charge in [-0.05, 0) is 11.0 Å². The maximum absolute atomic E-state index is 11.0. The monoisotopic (exact) mass is 274 g/mol. The highest BCUT2D eigenvalue weighted by molar-refractivity contribution is 7.14. The molecule has 19 heavy (non-hydrogen) atoms. The number of aromatic nitrogens is 1. The summed E-state index contributed by atoms with van der Waals surface area (Å²) >= 11 is 1.44. The second-order valence-electron chi connectivity index (χ2n) is 5.55. The number of hydrogen-bond acceptors (Lipinski definition) is 3. The number of carbonyl (C=O) groups excluding carboxylic acids is 1. The maximum atomic E-state index is 11.0. The highest BCUT2D eigenvalue weighted by Gasteiger charge is 2.13. The lowest BCUT2D eigenvalue weighted by Crippen LogP contribution is -2.10. The molecule has 0 bridgehead atoms. The van der Waals surface area contributed by atoms with Crippen molar-refractivity contribution in [3.05, 3.63) is 35.2 Å². The Morgan fingerprint density at radius 2 is 1.84 bits per heavy atom. The van der Waals surface area contributed by atoms with Gasteiger partial charge in [-0.2, -0.15) is 0 Å². The molecule has 1 heterocycles. The lowest BCUT2D eigenvalue weighted by molar-refractivity contribution is -0.114. The molecule has 2 rings (SSSR count). The predicted molar refractivity (Wildman–Crippen MR) is 80.6 cm³/mol. The van der Waals surface area contributed by atoms with Crippen LogP contribution in [0.4, 0.5) is 5.13 Å². The Balaban J connectivity index is 2.23. The number of hydrogen-bond donors (Lipinski definition) is 1. The first-order valence-electron chi connectivity index (χ1n) is 6.20. The van der Waals surface area contributed by atoms with Gasteiger partial charge in [-0.1, -0.05) is 45.0 Å². The summed E-state index contributed by atoms with van der Waals surface area (Å²) in [6.07, 6.45) is 0. The Morgan fingerprint density at radius 1 is 1.21 bits per heavy atom. The van der Waals surface area contributed by atoms with Crippen LogP contribution in [0.15, 0.2) is 29.6 Å². The van der Waals surface area contributed by atoms with Crippen LogP contribution >= 0.6 is 11.3 Å². The Hall–Kier alpha value is -1.68. The van der Waals surface area contributed by atoms with Gasteiger partial charge in [-0.25, -0.2) is 4.98 Å². The van der Waals surface area contributed by atoms with Crippen molar-refractivity contribution in [3.8, 4) is 11.3 Å². The van der Waals surface area contributed by atoms with E-state index in [0.29, 0.717) is 5.13 Å². The SMILES string of the molecule is CC(=O)Nc1nc(-c2ccc(C(C)(C)C)cc2)cs1. The van der Waals surface area contributed by atoms with Crippen LogP contribution in [0.5, 0.6) is 0 Å². The van der Waals surface area contributed by atoms with Gasteiger partial charge in [0.15, 0.2) is 5.13 Å². The van der Waals surface area contributed by atoms with Crippen molar-refractivity contribution < 1.29 is 4.79 Å². The summed E-state index contributed by atoms with van der Waals surface area (Å²) in [7, 11) is 0. The van der Waals surface area contributed by atoms with Crippen LogP contribution in [0.25, 0.3) is 11.3 Å². The van der Waals surface area contributed by atoms with E-state index >= 15 is 0 Å². The molecule has 0 aliphatic heterocycles. The number of rotatable bonds is 2. The van der Waals surface area contributed by atoms with Crippen molar-refractivity contribution >= 4 is 22.4 Å². The van der Waals surface area contributed by atoms with E-state index in [2.05, 4.69) is 55.3 Å². The van der Waals surface area contributed by atoms with Crippen LogP contribution in [0.3, 0.4) is 0 Å². The molecular formula is C15H18N2OS. The van der Waals surface area contributed by atoms with Crippen molar-refractivity contribution in [2.45, 2.75) is 33.1 Å². The molecule has 0 aliphatic carbocycles. The third kappa shape index (κ3) is 3.41. The van der Waals surface area contributed by atoms with E-state index in [0.717, 1.165) is 11.3 Å². The van der Waals surface area contributed by atoms with Crippen molar-refractivity contribution in [2.75, 3.05) is 5.32 Å². The number of benzene rings is 1. The molecule has 0 aliphatic rings. The van der Waals surface area contributed by atoms with Crippen LogP contribution < -0.4 is 5.32 Å². The molecule has 1 amide bonds. The zero-order valence-electron chi connectivity index (χ0n) is 11.7. The molecule has 100 valence electrons. The van der Waals surface area contributed by atoms with E-state index in [1.807, 2.05) is 5.38 Å². The summed E-state index contributed by atoms with van der Waals surface area (Å²) in [5.41, 5.74) is 3.42. The second kappa shape index (κ2) is 5.13. The molecule has 4 heteroatoms. The van der Waals surface area contributed by atoms with E-state index in [-0.39, 0.29) is 11.3 Å². The first-order chi connectivity index (χ1) is 8.86. The fourth-order valence-electron chi connectivity index (χ4n) is 1.76. The van der Waals surface area contributed by atoms with E-state index in [9.17, 15) is 4.79 Å². The first kappa shape index (κ1) is 13.7. The van der Waals surface area contributed by atoms with E-state index in [1.54, 1.807) is 0 Å². The van der Waals surface area contributed by atoms with Crippen molar-refractivity contribution in [1.82, 2.24) is 4.98 Å². The lowest BCUT2D eigenvalue weighted by atomic mass is 9.86. The fraction of sp³-hybridized carbons (Fsp3) is 0.333. The summed E-state index contributed by atoms with van der Waals surface area (Å²) < 4.78 is 0. The lowest BCUT2D eigenvalue weighted by Gasteiger charge is -2.18. The molecule has 0 radical (unpaired) electrons. The standard InChI is InChI=1S/C15H18N2OS/c1-10(18)16-14-17-13(9-19-14)11-5-7-12(8-6-11)15(2,3)4/h5-9H,1-4H3,(H,16,17,18). The highest BCUT2D eigenvalue weighted by Crippen LogP contribution is 2.28. The molecule has 1 aromatic carbocycles. The molecular weight excluding hydrogens is 256 g/mol. The summed E-state index contributed by atoms with van der Waals surface area (Å²) in [6, 6.07) is 8.42. The van der Waals surface area contributed by atoms with Gasteiger partial charge in [0.1, 0.15) is 0 Å². The Labute approximate surface area is 117 Å². The Bertz CT molecular complexity index is 579. The maximum Gasteiger partial charge on any atom is 0.223 e. The van der Waals surface area contributed by atoms with Gasteiger partial charge in [0.25, 0.3) is 0 Å². The molecule has 1 N–H and O–H groups in total. The third-order valence-corrected chi connectivity index (χ3v) is 3.59. The molecule has 3 nitrogen and oxygen atoms in total. The average molecular weight is 274 g/mol. The zero-order valence-corrected chi connectivity index (χ0v) is 12.5. The van der Waals surface area contributed by atoms with Gasteiger partial charge in [0, 0.05) is 17.9 Å². The summed E-state index contributed by atoms with van der Waals surface area (Å²) in [5.74, 6) is -0.0935. The minimum Gasteiger partial charge on any atom is -0.302 e. The van der Waals surface area contributed by atoms with Crippen LogP contribution in [0, 0.1) is 0 Å². The number of nitrogens with one attached hydrogen (secondary N) is 1. The summed E-state index contributed by atoms with van der Waals surface area (Å²) in [5, 5.41) is 5.30. The van der Waals surface area contributed by atoms with Gasteiger partial charge in [-0.3, -0.25) is 4.79 Å². The highest BCUT2D eigenvalue weighted by atomic mass is 32.1. The van der Waals surface area contributed by atoms with Crippen LogP contribution in [0.1, 0.15) is 33.3 Å². The van der Waals surface area contributed by atoms with Crippen molar-refractivity contribution in [2.24, 2.45) is 0 Å². The molecule has 2 aromatic rings. The number of amides is 1. The topological polar surface area (TPSA) is 42.0 Å². The van der Waals surface area contributed by atoms with E-state index in [1.165, 1.54) is 23.8 Å². The average Bonchev–Trinajstić information content (AvgIpc) is 2.75. The Kier molecular flexibility index (Phi) is 3.71. The summed E-state index contributed by atoms with van der Waals surface area (Å²) in [4.78, 5) is 15.4. The quantitative estimate of drug-likeness (QED) is 0.897. The van der Waals surface area contributed by atoms with Crippen molar-refractivity contribution in [3.63, 3.8) is 0 Å². The van der Waals surface area contributed by atoms with Gasteiger partial charge in [-0.15, -0.1) is 11.3 Å². The fourth-order valence-corrected chi connectivity index (χ4v) is 2.52. The minimum absolute atomic E-state index is 0.0935. The number of thiazole rings is 1. The van der Waals surface area contributed by atoms with E-state index < -0.39 is 0 Å². The van der Waals surface area contributed by atoms with Gasteiger partial charge in [0.05, 0.1) is 5.69 Å². The molecule has 0 saturated heterocycles. The van der Waals surface area contributed by atoms with Gasteiger partial charge >= 0.3 is 0 Å². The minimum atomic E-state index is -0.0935. The number of carbonyl (C=O) groups is 1. The van der Waals surface area contributed by atoms with Crippen LogP contribution in [-0.4, -0.2) is 10.9 Å². The molecule has 0 spiro atoms. The third-order valence-electron chi connectivity index (χ3n) is 2.83. The smallest absolute Gasteiger partial charge is 0.223 e. The molecule has 1 aromatic heterocycles. The summed E-state index contributed by atoms with van der Waals surface area (Å²) in [6.45, 7) is 8.07. The first-order valence-corrected chi connectivity index (χ1v) is 7.08. The molecule has 0 saturated carbocycles. The zero-order chi connectivity index (χ0) is 14.0. The number of anilines is 1. The van der Waals surface area contributed by atoms with Gasteiger partial charge in [0.2, 0.25) is 5.91 Å². The molecule has 0 unspecified atom stereocenters. The second-order valence-corrected chi connectivity index (χ2v) is 6.40. The molecule has 0 atom stereocenters.